The Morgan fingerprint density at radius 2 is 1.71 bits per heavy atom. The van der Waals surface area contributed by atoms with E-state index in [1.165, 1.54) is 35.1 Å². The zero-order valence-electron chi connectivity index (χ0n) is 17.3. The first-order chi connectivity index (χ1) is 13.2. The van der Waals surface area contributed by atoms with Crippen LogP contribution in [0.2, 0.25) is 0 Å². The van der Waals surface area contributed by atoms with Gasteiger partial charge >= 0.3 is 0 Å². The molecule has 0 unspecified atom stereocenters. The van der Waals surface area contributed by atoms with Gasteiger partial charge in [0, 0.05) is 27.2 Å². The highest BCUT2D eigenvalue weighted by atomic mass is 32.2. The number of sulfonamides is 1. The van der Waals surface area contributed by atoms with Gasteiger partial charge in [-0.15, -0.1) is 0 Å². The number of aliphatic imine (C=N–C) groups is 1. The van der Waals surface area contributed by atoms with E-state index in [1.54, 1.807) is 24.3 Å². The zero-order valence-corrected chi connectivity index (χ0v) is 18.1. The molecule has 2 aromatic rings. The van der Waals surface area contributed by atoms with Crippen LogP contribution in [0.5, 0.6) is 0 Å². The molecular formula is C21H30N4O2S. The van der Waals surface area contributed by atoms with Gasteiger partial charge < -0.3 is 10.6 Å². The largest absolute Gasteiger partial charge is 0.357 e. The molecular weight excluding hydrogens is 372 g/mol. The highest BCUT2D eigenvalue weighted by Crippen LogP contribution is 2.14. The maximum absolute atomic E-state index is 12.1. The Kier molecular flexibility index (Phi) is 7.60. The van der Waals surface area contributed by atoms with E-state index in [2.05, 4.69) is 47.7 Å². The number of rotatable bonds is 7. The van der Waals surface area contributed by atoms with Gasteiger partial charge in [0.25, 0.3) is 0 Å². The van der Waals surface area contributed by atoms with Crippen LogP contribution in [0.4, 0.5) is 0 Å². The average Bonchev–Trinajstić information content (AvgIpc) is 2.65. The van der Waals surface area contributed by atoms with Gasteiger partial charge in [-0.05, 0) is 49.6 Å². The molecule has 0 fully saturated rings. The van der Waals surface area contributed by atoms with Crippen LogP contribution >= 0.6 is 0 Å². The Hall–Kier alpha value is -2.38. The third kappa shape index (κ3) is 5.81. The summed E-state index contributed by atoms with van der Waals surface area (Å²) >= 11 is 0. The second-order valence-electron chi connectivity index (χ2n) is 6.91. The Bertz CT molecular complexity index is 920. The Labute approximate surface area is 168 Å². The molecule has 0 aliphatic carbocycles. The fourth-order valence-electron chi connectivity index (χ4n) is 2.71. The van der Waals surface area contributed by atoms with Gasteiger partial charge in [0.2, 0.25) is 10.0 Å². The molecule has 0 radical (unpaired) electrons. The molecule has 0 amide bonds. The fraction of sp³-hybridized carbons (Fsp3) is 0.381. The van der Waals surface area contributed by atoms with E-state index < -0.39 is 10.0 Å². The number of nitrogens with zero attached hydrogens (tertiary/aromatic N) is 2. The minimum Gasteiger partial charge on any atom is -0.357 e. The summed E-state index contributed by atoms with van der Waals surface area (Å²) in [4.78, 5) is 4.89. The standard InChI is InChI=1S/C21H30N4O2S/c1-6-22-21(24-15-19-10-7-16(2)13-17(19)3)23-14-18-8-11-20(12-9-18)28(26,27)25(4)5/h7-13H,6,14-15H2,1-5H3,(H2,22,23,24). The summed E-state index contributed by atoms with van der Waals surface area (Å²) in [6.07, 6.45) is 0. The Morgan fingerprint density at radius 1 is 1.04 bits per heavy atom. The van der Waals surface area contributed by atoms with Crippen molar-refractivity contribution in [2.75, 3.05) is 20.6 Å². The second-order valence-corrected chi connectivity index (χ2v) is 9.06. The van der Waals surface area contributed by atoms with Gasteiger partial charge in [-0.1, -0.05) is 35.9 Å². The summed E-state index contributed by atoms with van der Waals surface area (Å²) in [6, 6.07) is 13.3. The fourth-order valence-corrected chi connectivity index (χ4v) is 3.61. The minimum absolute atomic E-state index is 0.283. The van der Waals surface area contributed by atoms with Crippen LogP contribution in [0.15, 0.2) is 52.4 Å². The highest BCUT2D eigenvalue weighted by molar-refractivity contribution is 7.89. The maximum atomic E-state index is 12.1. The van der Waals surface area contributed by atoms with Crippen molar-refractivity contribution in [1.29, 1.82) is 0 Å². The highest BCUT2D eigenvalue weighted by Gasteiger charge is 2.16. The Balaban J connectivity index is 2.05. The lowest BCUT2D eigenvalue weighted by Crippen LogP contribution is -2.36. The first-order valence-corrected chi connectivity index (χ1v) is 10.8. The summed E-state index contributed by atoms with van der Waals surface area (Å²) in [7, 11) is -0.356. The number of benzene rings is 2. The van der Waals surface area contributed by atoms with Crippen molar-refractivity contribution in [2.24, 2.45) is 4.99 Å². The van der Waals surface area contributed by atoms with Crippen LogP contribution in [0.3, 0.4) is 0 Å². The van der Waals surface area contributed by atoms with Gasteiger partial charge in [0.15, 0.2) is 5.96 Å². The molecule has 0 bridgehead atoms. The quantitative estimate of drug-likeness (QED) is 0.552. The number of hydrogen-bond donors (Lipinski definition) is 2. The van der Waals surface area contributed by atoms with E-state index in [-0.39, 0.29) is 4.90 Å². The van der Waals surface area contributed by atoms with E-state index >= 15 is 0 Å². The van der Waals surface area contributed by atoms with E-state index in [0.29, 0.717) is 13.1 Å². The Morgan fingerprint density at radius 3 is 2.29 bits per heavy atom. The molecule has 0 aromatic heterocycles. The van der Waals surface area contributed by atoms with E-state index in [0.717, 1.165) is 18.1 Å². The zero-order chi connectivity index (χ0) is 20.7. The van der Waals surface area contributed by atoms with E-state index in [4.69, 9.17) is 0 Å². The van der Waals surface area contributed by atoms with Crippen molar-refractivity contribution >= 4 is 16.0 Å². The van der Waals surface area contributed by atoms with Crippen LogP contribution in [0.25, 0.3) is 0 Å². The maximum Gasteiger partial charge on any atom is 0.242 e. The normalized spacial score (nSPS) is 12.3. The molecule has 0 saturated carbocycles. The van der Waals surface area contributed by atoms with Crippen molar-refractivity contribution in [3.63, 3.8) is 0 Å². The summed E-state index contributed by atoms with van der Waals surface area (Å²) < 4.78 is 25.5. The molecule has 2 rings (SSSR count). The first-order valence-electron chi connectivity index (χ1n) is 9.34. The molecule has 28 heavy (non-hydrogen) atoms. The average molecular weight is 403 g/mol. The van der Waals surface area contributed by atoms with Crippen molar-refractivity contribution in [3.05, 3.63) is 64.7 Å². The molecule has 0 heterocycles. The minimum atomic E-state index is -3.41. The molecule has 0 atom stereocenters. The summed E-state index contributed by atoms with van der Waals surface area (Å²) in [5.74, 6) is 0.729. The number of aryl methyl sites for hydroxylation is 2. The molecule has 152 valence electrons. The second kappa shape index (κ2) is 9.71. The predicted molar refractivity (Wildman–Crippen MR) is 115 cm³/mol. The lowest BCUT2D eigenvalue weighted by atomic mass is 10.1. The van der Waals surface area contributed by atoms with E-state index in [1.807, 2.05) is 6.92 Å². The van der Waals surface area contributed by atoms with Crippen LogP contribution in [0, 0.1) is 13.8 Å². The van der Waals surface area contributed by atoms with Crippen LogP contribution in [-0.4, -0.2) is 39.3 Å². The SMILES string of the molecule is CCNC(=NCc1ccc(S(=O)(=O)N(C)C)cc1)NCc1ccc(C)cc1C. The molecule has 0 aliphatic heterocycles. The van der Waals surface area contributed by atoms with Crippen molar-refractivity contribution in [1.82, 2.24) is 14.9 Å². The predicted octanol–water partition coefficient (Wildman–Crippen LogP) is 2.81. The lowest BCUT2D eigenvalue weighted by Gasteiger charge is -2.13. The number of hydrogen-bond acceptors (Lipinski definition) is 3. The van der Waals surface area contributed by atoms with Gasteiger partial charge in [0.1, 0.15) is 0 Å². The molecule has 0 aliphatic rings. The summed E-state index contributed by atoms with van der Waals surface area (Å²) in [6.45, 7) is 8.14. The first kappa shape index (κ1) is 21.9. The molecule has 2 N–H and O–H groups in total. The van der Waals surface area contributed by atoms with Crippen LogP contribution in [0.1, 0.15) is 29.2 Å². The van der Waals surface area contributed by atoms with Gasteiger partial charge in [-0.2, -0.15) is 0 Å². The summed E-state index contributed by atoms with van der Waals surface area (Å²) in [5, 5.41) is 6.60. The van der Waals surface area contributed by atoms with Gasteiger partial charge in [-0.3, -0.25) is 0 Å². The lowest BCUT2D eigenvalue weighted by molar-refractivity contribution is 0.520. The van der Waals surface area contributed by atoms with Crippen molar-refractivity contribution in [3.8, 4) is 0 Å². The molecule has 6 nitrogen and oxygen atoms in total. The van der Waals surface area contributed by atoms with Crippen LogP contribution < -0.4 is 10.6 Å². The number of guanidine groups is 1. The van der Waals surface area contributed by atoms with Gasteiger partial charge in [-0.25, -0.2) is 17.7 Å². The van der Waals surface area contributed by atoms with E-state index in [9.17, 15) is 8.42 Å². The molecule has 2 aromatic carbocycles. The third-order valence-corrected chi connectivity index (χ3v) is 6.24. The molecule has 0 spiro atoms. The third-order valence-electron chi connectivity index (χ3n) is 4.41. The van der Waals surface area contributed by atoms with Crippen LogP contribution in [-0.2, 0) is 23.1 Å². The molecule has 0 saturated heterocycles. The molecule has 7 heteroatoms. The smallest absolute Gasteiger partial charge is 0.242 e. The van der Waals surface area contributed by atoms with Gasteiger partial charge in [0.05, 0.1) is 11.4 Å². The van der Waals surface area contributed by atoms with Crippen molar-refractivity contribution in [2.45, 2.75) is 38.8 Å². The van der Waals surface area contributed by atoms with Crippen molar-refractivity contribution < 1.29 is 8.42 Å². The summed E-state index contributed by atoms with van der Waals surface area (Å²) in [5.41, 5.74) is 4.68. The number of nitrogens with one attached hydrogen (secondary N) is 2. The topological polar surface area (TPSA) is 73.8 Å². The monoisotopic (exact) mass is 402 g/mol.